The Labute approximate surface area is 282 Å². The van der Waals surface area contributed by atoms with Crippen LogP contribution in [0.3, 0.4) is 0 Å². The molecule has 240 valence electrons. The normalized spacial score (nSPS) is 27.9. The number of benzene rings is 3. The molecular weight excluding hydrogens is 623 g/mol. The average Bonchev–Trinajstić information content (AvgIpc) is 3.72. The molecule has 2 heterocycles. The van der Waals surface area contributed by atoms with E-state index in [1.807, 2.05) is 84.3 Å². The highest BCUT2D eigenvalue weighted by Crippen LogP contribution is 2.64. The third-order valence-corrected chi connectivity index (χ3v) is 11.8. The molecule has 7 nitrogen and oxygen atoms in total. The van der Waals surface area contributed by atoms with Gasteiger partial charge in [-0.25, -0.2) is 0 Å². The van der Waals surface area contributed by atoms with E-state index >= 15 is 4.79 Å². The molecule has 2 amide bonds. The zero-order chi connectivity index (χ0) is 33.2. The van der Waals surface area contributed by atoms with Crippen LogP contribution >= 0.6 is 11.3 Å². The third-order valence-electron chi connectivity index (χ3n) is 10.9. The van der Waals surface area contributed by atoms with Crippen LogP contribution in [0.2, 0.25) is 0 Å². The molecule has 8 heteroatoms. The largest absolute Gasteiger partial charge is 0.504 e. The molecule has 0 unspecified atom stereocenters. The number of Topliss-reactive ketones (excluding diaryl/α,β-unsaturated/α-hetero) is 1. The number of para-hydroxylation sites is 1. The van der Waals surface area contributed by atoms with E-state index in [-0.39, 0.29) is 47.8 Å². The van der Waals surface area contributed by atoms with Crippen molar-refractivity contribution >= 4 is 40.3 Å². The zero-order valence-corrected chi connectivity index (χ0v) is 27.1. The molecule has 1 N–H and O–H groups in total. The summed E-state index contributed by atoms with van der Waals surface area (Å²) in [5.41, 5.74) is 1.48. The van der Waals surface area contributed by atoms with E-state index in [2.05, 4.69) is 0 Å². The third kappa shape index (κ3) is 4.32. The summed E-state index contributed by atoms with van der Waals surface area (Å²) in [7, 11) is 1.47. The number of aromatic hydroxyl groups is 1. The molecule has 4 aliphatic rings. The highest BCUT2D eigenvalue weighted by atomic mass is 32.1. The van der Waals surface area contributed by atoms with Crippen LogP contribution < -0.4 is 4.74 Å². The number of phenolic OH excluding ortho intramolecular Hbond substituents is 1. The topological polar surface area (TPSA) is 101 Å². The van der Waals surface area contributed by atoms with Gasteiger partial charge in [-0.15, -0.1) is 11.3 Å². The Balaban J connectivity index is 1.36. The van der Waals surface area contributed by atoms with Crippen LogP contribution in [0.5, 0.6) is 11.5 Å². The minimum absolute atomic E-state index is 0.117. The first kappa shape index (κ1) is 30.3. The summed E-state index contributed by atoms with van der Waals surface area (Å²) in [5.74, 6) is -4.18. The van der Waals surface area contributed by atoms with Crippen molar-refractivity contribution in [1.82, 2.24) is 4.90 Å². The van der Waals surface area contributed by atoms with Gasteiger partial charge in [-0.1, -0.05) is 90.5 Å². The molecule has 3 aliphatic carbocycles. The molecule has 1 aliphatic heterocycles. The van der Waals surface area contributed by atoms with Crippen molar-refractivity contribution < 1.29 is 29.0 Å². The number of hydrogen-bond acceptors (Lipinski definition) is 7. The maximum Gasteiger partial charge on any atom is 0.234 e. The SMILES string of the molecule is COc1cccc([C@H]2C3=CC[C@@H]4C(=O)N(Cc5cccs5)C(=O)[C@@H]4[C@@H]3C[C@H]3C(=O)C(c4ccccc4)=CC(=O)[C@@]23c2ccccc2)c1O. The van der Waals surface area contributed by atoms with Crippen LogP contribution in [0.4, 0.5) is 0 Å². The minimum atomic E-state index is -1.42. The number of nitrogens with zero attached hydrogens (tertiary/aromatic N) is 1. The second-order valence-corrected chi connectivity index (χ2v) is 14.1. The first-order chi connectivity index (χ1) is 23.4. The number of rotatable bonds is 6. The molecule has 8 rings (SSSR count). The molecule has 4 aromatic rings. The second kappa shape index (κ2) is 11.6. The zero-order valence-electron chi connectivity index (χ0n) is 26.2. The van der Waals surface area contributed by atoms with Gasteiger partial charge in [0, 0.05) is 27.8 Å². The predicted octanol–water partition coefficient (Wildman–Crippen LogP) is 6.49. The molecule has 48 heavy (non-hydrogen) atoms. The lowest BCUT2D eigenvalue weighted by Gasteiger charge is -2.55. The van der Waals surface area contributed by atoms with Crippen LogP contribution in [0.25, 0.3) is 5.57 Å². The fourth-order valence-corrected chi connectivity index (χ4v) is 9.63. The summed E-state index contributed by atoms with van der Waals surface area (Å²) in [5, 5.41) is 13.7. The van der Waals surface area contributed by atoms with Crippen LogP contribution in [0.1, 0.15) is 40.3 Å². The summed E-state index contributed by atoms with van der Waals surface area (Å²) in [6.07, 6.45) is 4.02. The Hall–Kier alpha value is -5.08. The lowest BCUT2D eigenvalue weighted by Crippen LogP contribution is -2.58. The lowest BCUT2D eigenvalue weighted by atomic mass is 9.44. The summed E-state index contributed by atoms with van der Waals surface area (Å²) in [6, 6.07) is 27.5. The number of phenols is 1. The first-order valence-corrected chi connectivity index (χ1v) is 17.1. The maximum atomic E-state index is 15.1. The van der Waals surface area contributed by atoms with Crippen molar-refractivity contribution in [2.45, 2.75) is 30.7 Å². The van der Waals surface area contributed by atoms with E-state index in [4.69, 9.17) is 4.74 Å². The van der Waals surface area contributed by atoms with Gasteiger partial charge >= 0.3 is 0 Å². The number of likely N-dealkylation sites (tertiary alicyclic amines) is 1. The van der Waals surface area contributed by atoms with Gasteiger partial charge < -0.3 is 9.84 Å². The number of amides is 2. The van der Waals surface area contributed by atoms with Crippen molar-refractivity contribution in [3.63, 3.8) is 0 Å². The number of ketones is 2. The Morgan fingerprint density at radius 2 is 1.62 bits per heavy atom. The number of methoxy groups -OCH3 is 1. The van der Waals surface area contributed by atoms with E-state index in [9.17, 15) is 19.5 Å². The molecular formula is C40H33NO6S. The van der Waals surface area contributed by atoms with E-state index < -0.39 is 35.0 Å². The summed E-state index contributed by atoms with van der Waals surface area (Å²) >= 11 is 1.50. The van der Waals surface area contributed by atoms with Crippen molar-refractivity contribution in [3.8, 4) is 11.5 Å². The molecule has 0 bridgehead atoms. The smallest absolute Gasteiger partial charge is 0.234 e. The Bertz CT molecular complexity index is 2020. The molecule has 2 fully saturated rings. The number of carbonyl (C=O) groups is 4. The maximum absolute atomic E-state index is 15.1. The predicted molar refractivity (Wildman–Crippen MR) is 181 cm³/mol. The molecule has 3 aromatic carbocycles. The fraction of sp³-hybridized carbons (Fsp3) is 0.250. The lowest BCUT2D eigenvalue weighted by molar-refractivity contribution is -0.141. The molecule has 6 atom stereocenters. The van der Waals surface area contributed by atoms with E-state index in [0.29, 0.717) is 28.7 Å². The molecule has 0 spiro atoms. The van der Waals surface area contributed by atoms with Gasteiger partial charge in [-0.2, -0.15) is 0 Å². The number of fused-ring (bicyclic) bond motifs is 4. The number of carbonyl (C=O) groups excluding carboxylic acids is 4. The number of allylic oxidation sites excluding steroid dienone is 4. The van der Waals surface area contributed by atoms with Gasteiger partial charge in [-0.05, 0) is 53.5 Å². The summed E-state index contributed by atoms with van der Waals surface area (Å²) in [6.45, 7) is 0.209. The Morgan fingerprint density at radius 3 is 2.33 bits per heavy atom. The number of thiophene rings is 1. The van der Waals surface area contributed by atoms with E-state index in [1.165, 1.54) is 29.4 Å². The second-order valence-electron chi connectivity index (χ2n) is 13.0. The molecule has 0 radical (unpaired) electrons. The standard InChI is InChI=1S/C40H33NO6S/c1-47-32-16-8-15-28(37(32)44)35-26-17-18-27-34(39(46)41(38(27)45)22-25-14-9-19-48-25)30(26)20-31-36(43)29(23-10-4-2-5-11-23)21-33(42)40(31,35)24-12-6-3-7-13-24/h2-17,19,21,27,30-31,34-35,44H,18,20,22H2,1H3/t27-,30+,31-,34-,35+,40-/m0/s1. The van der Waals surface area contributed by atoms with Crippen molar-refractivity contribution in [2.75, 3.05) is 7.11 Å². The fourth-order valence-electron chi connectivity index (χ4n) is 8.94. The summed E-state index contributed by atoms with van der Waals surface area (Å²) in [4.78, 5) is 60.5. The van der Waals surface area contributed by atoms with Gasteiger partial charge in [0.15, 0.2) is 23.1 Å². The van der Waals surface area contributed by atoms with Crippen LogP contribution in [-0.4, -0.2) is 40.5 Å². The molecule has 1 saturated carbocycles. The Morgan fingerprint density at radius 1 is 0.875 bits per heavy atom. The highest BCUT2D eigenvalue weighted by molar-refractivity contribution is 7.09. The number of imide groups is 1. The average molecular weight is 656 g/mol. The van der Waals surface area contributed by atoms with Crippen molar-refractivity contribution in [1.29, 1.82) is 0 Å². The molecule has 1 aromatic heterocycles. The number of ether oxygens (including phenoxy) is 1. The number of hydrogen-bond donors (Lipinski definition) is 1. The summed E-state index contributed by atoms with van der Waals surface area (Å²) < 4.78 is 5.54. The quantitative estimate of drug-likeness (QED) is 0.188. The Kier molecular flexibility index (Phi) is 7.29. The minimum Gasteiger partial charge on any atom is -0.504 e. The van der Waals surface area contributed by atoms with Gasteiger partial charge in [0.2, 0.25) is 11.8 Å². The first-order valence-electron chi connectivity index (χ1n) is 16.2. The highest BCUT2D eigenvalue weighted by Gasteiger charge is 2.66. The van der Waals surface area contributed by atoms with Gasteiger partial charge in [-0.3, -0.25) is 24.1 Å². The van der Waals surface area contributed by atoms with Crippen molar-refractivity contribution in [2.24, 2.45) is 23.7 Å². The molecule has 1 saturated heterocycles. The van der Waals surface area contributed by atoms with E-state index in [0.717, 1.165) is 10.5 Å². The van der Waals surface area contributed by atoms with Crippen LogP contribution in [0, 0.1) is 23.7 Å². The van der Waals surface area contributed by atoms with Gasteiger partial charge in [0.05, 0.1) is 30.9 Å². The monoisotopic (exact) mass is 655 g/mol. The van der Waals surface area contributed by atoms with Crippen LogP contribution in [-0.2, 0) is 31.1 Å². The van der Waals surface area contributed by atoms with Crippen molar-refractivity contribution in [3.05, 3.63) is 136 Å². The van der Waals surface area contributed by atoms with Crippen LogP contribution in [0.15, 0.2) is 114 Å². The van der Waals surface area contributed by atoms with Gasteiger partial charge in [0.1, 0.15) is 0 Å². The van der Waals surface area contributed by atoms with Gasteiger partial charge in [0.25, 0.3) is 0 Å². The van der Waals surface area contributed by atoms with E-state index in [1.54, 1.807) is 18.2 Å².